The molecule has 2 heteroatoms. The average Bonchev–Trinajstić information content (AvgIpc) is 2.99. The van der Waals surface area contributed by atoms with Crippen LogP contribution in [0.15, 0.2) is 24.3 Å². The average molecular weight is 243 g/mol. The molecule has 3 aliphatic rings. The third-order valence-corrected chi connectivity index (χ3v) is 5.55. The van der Waals surface area contributed by atoms with Gasteiger partial charge < -0.3 is 4.74 Å². The second kappa shape index (κ2) is 3.74. The Morgan fingerprint density at radius 2 is 2.00 bits per heavy atom. The van der Waals surface area contributed by atoms with Crippen molar-refractivity contribution in [2.75, 3.05) is 13.7 Å². The van der Waals surface area contributed by atoms with Gasteiger partial charge in [0.05, 0.1) is 12.6 Å². The fourth-order valence-corrected chi connectivity index (χ4v) is 4.91. The number of ether oxygens (including phenoxy) is 1. The number of benzene rings is 1. The molecule has 0 aromatic heterocycles. The molecule has 1 aliphatic carbocycles. The van der Waals surface area contributed by atoms with Crippen molar-refractivity contribution in [2.45, 2.75) is 43.7 Å². The van der Waals surface area contributed by atoms with Gasteiger partial charge in [-0.25, -0.2) is 0 Å². The summed E-state index contributed by atoms with van der Waals surface area (Å²) in [6, 6.07) is 9.75. The van der Waals surface area contributed by atoms with Crippen molar-refractivity contribution in [3.05, 3.63) is 29.8 Å². The number of hydrogen-bond donors (Lipinski definition) is 0. The highest BCUT2D eigenvalue weighted by molar-refractivity contribution is 5.37. The Morgan fingerprint density at radius 3 is 2.78 bits per heavy atom. The van der Waals surface area contributed by atoms with Crippen LogP contribution < -0.4 is 4.74 Å². The van der Waals surface area contributed by atoms with Gasteiger partial charge in [-0.15, -0.1) is 0 Å². The normalized spacial score (nSPS) is 38.1. The van der Waals surface area contributed by atoms with Crippen LogP contribution in [-0.2, 0) is 5.54 Å². The molecule has 2 nitrogen and oxygen atoms in total. The van der Waals surface area contributed by atoms with Crippen molar-refractivity contribution in [1.82, 2.24) is 4.90 Å². The molecule has 4 rings (SSSR count). The Hall–Kier alpha value is -1.02. The SMILES string of the molecule is COc1ccc(C23CCCN2C2CCCC23)cc1. The maximum absolute atomic E-state index is 5.28. The summed E-state index contributed by atoms with van der Waals surface area (Å²) in [4.78, 5) is 2.80. The van der Waals surface area contributed by atoms with E-state index >= 15 is 0 Å². The molecule has 2 saturated heterocycles. The first kappa shape index (κ1) is 10.9. The van der Waals surface area contributed by atoms with Crippen LogP contribution in [0.5, 0.6) is 5.75 Å². The van der Waals surface area contributed by atoms with Gasteiger partial charge in [0.25, 0.3) is 0 Å². The van der Waals surface area contributed by atoms with Crippen molar-refractivity contribution in [3.63, 3.8) is 0 Å². The molecule has 1 aromatic rings. The smallest absolute Gasteiger partial charge is 0.118 e. The van der Waals surface area contributed by atoms with E-state index in [1.165, 1.54) is 44.2 Å². The predicted molar refractivity (Wildman–Crippen MR) is 71.7 cm³/mol. The number of hydrogen-bond acceptors (Lipinski definition) is 2. The summed E-state index contributed by atoms with van der Waals surface area (Å²) < 4.78 is 5.28. The van der Waals surface area contributed by atoms with E-state index in [4.69, 9.17) is 4.74 Å². The van der Waals surface area contributed by atoms with Crippen LogP contribution in [0.3, 0.4) is 0 Å². The van der Waals surface area contributed by atoms with Crippen molar-refractivity contribution in [3.8, 4) is 5.75 Å². The topological polar surface area (TPSA) is 12.5 Å². The minimum Gasteiger partial charge on any atom is -0.497 e. The molecular weight excluding hydrogens is 222 g/mol. The van der Waals surface area contributed by atoms with E-state index in [1.807, 2.05) is 0 Å². The molecule has 1 aromatic carbocycles. The van der Waals surface area contributed by atoms with Gasteiger partial charge in [-0.05, 0) is 55.8 Å². The molecule has 0 radical (unpaired) electrons. The molecule has 0 N–H and O–H groups in total. The molecule has 0 amide bonds. The molecule has 3 atom stereocenters. The molecule has 2 heterocycles. The van der Waals surface area contributed by atoms with Gasteiger partial charge >= 0.3 is 0 Å². The van der Waals surface area contributed by atoms with Crippen LogP contribution in [-0.4, -0.2) is 24.6 Å². The van der Waals surface area contributed by atoms with Crippen LogP contribution in [0, 0.1) is 5.92 Å². The standard InChI is InChI=1S/C16H21NO/c1-18-13-8-6-12(7-9-13)16-10-3-11-17(16)15-5-2-4-14(15)16/h6-9,14-15H,2-5,10-11H2,1H3. The predicted octanol–water partition coefficient (Wildman–Crippen LogP) is 3.17. The highest BCUT2D eigenvalue weighted by Crippen LogP contribution is 2.61. The zero-order chi connectivity index (χ0) is 12.2. The summed E-state index contributed by atoms with van der Waals surface area (Å²) in [5.41, 5.74) is 1.93. The molecule has 0 bridgehead atoms. The molecule has 3 fully saturated rings. The van der Waals surface area contributed by atoms with Crippen molar-refractivity contribution >= 4 is 0 Å². The highest BCUT2D eigenvalue weighted by atomic mass is 16.5. The first-order chi connectivity index (χ1) is 8.86. The van der Waals surface area contributed by atoms with Crippen molar-refractivity contribution in [2.24, 2.45) is 5.92 Å². The number of rotatable bonds is 2. The second-order valence-electron chi connectivity index (χ2n) is 6.05. The fourth-order valence-electron chi connectivity index (χ4n) is 4.91. The molecule has 2 aliphatic heterocycles. The molecule has 96 valence electrons. The quantitative estimate of drug-likeness (QED) is 0.791. The van der Waals surface area contributed by atoms with E-state index in [0.29, 0.717) is 5.54 Å². The number of methoxy groups -OCH3 is 1. The molecular formula is C16H21NO. The fraction of sp³-hybridized carbons (Fsp3) is 0.625. The van der Waals surface area contributed by atoms with E-state index < -0.39 is 0 Å². The Labute approximate surface area is 109 Å². The van der Waals surface area contributed by atoms with Gasteiger partial charge in [0.15, 0.2) is 0 Å². The second-order valence-corrected chi connectivity index (χ2v) is 6.05. The van der Waals surface area contributed by atoms with E-state index in [0.717, 1.165) is 17.7 Å². The zero-order valence-corrected chi connectivity index (χ0v) is 11.1. The minimum atomic E-state index is 0.396. The first-order valence-electron chi connectivity index (χ1n) is 7.27. The molecule has 0 spiro atoms. The summed E-state index contributed by atoms with van der Waals surface area (Å²) in [5, 5.41) is 0. The first-order valence-corrected chi connectivity index (χ1v) is 7.27. The van der Waals surface area contributed by atoms with Crippen LogP contribution in [0.1, 0.15) is 37.7 Å². The van der Waals surface area contributed by atoms with Gasteiger partial charge in [0.1, 0.15) is 5.75 Å². The lowest BCUT2D eigenvalue weighted by molar-refractivity contribution is -0.0992. The lowest BCUT2D eigenvalue weighted by atomic mass is 9.66. The summed E-state index contributed by atoms with van der Waals surface area (Å²) in [5.74, 6) is 1.90. The van der Waals surface area contributed by atoms with Crippen LogP contribution in [0.25, 0.3) is 0 Å². The lowest BCUT2D eigenvalue weighted by Crippen LogP contribution is -2.65. The maximum Gasteiger partial charge on any atom is 0.118 e. The minimum absolute atomic E-state index is 0.396. The zero-order valence-electron chi connectivity index (χ0n) is 11.1. The number of fused-ring (bicyclic) bond motifs is 4. The lowest BCUT2D eigenvalue weighted by Gasteiger charge is -2.59. The summed E-state index contributed by atoms with van der Waals surface area (Å²) in [7, 11) is 1.74. The summed E-state index contributed by atoms with van der Waals surface area (Å²) in [6.07, 6.45) is 7.04. The van der Waals surface area contributed by atoms with Gasteiger partial charge in [-0.2, -0.15) is 0 Å². The largest absolute Gasteiger partial charge is 0.497 e. The Kier molecular flexibility index (Phi) is 2.25. The summed E-state index contributed by atoms with van der Waals surface area (Å²) >= 11 is 0. The van der Waals surface area contributed by atoms with Gasteiger partial charge in [-0.1, -0.05) is 18.6 Å². The molecule has 3 unspecified atom stereocenters. The van der Waals surface area contributed by atoms with E-state index in [9.17, 15) is 0 Å². The van der Waals surface area contributed by atoms with Gasteiger partial charge in [0, 0.05) is 6.04 Å². The van der Waals surface area contributed by atoms with Crippen molar-refractivity contribution in [1.29, 1.82) is 0 Å². The maximum atomic E-state index is 5.28. The van der Waals surface area contributed by atoms with E-state index in [-0.39, 0.29) is 0 Å². The molecule has 1 saturated carbocycles. The Balaban J connectivity index is 1.73. The van der Waals surface area contributed by atoms with Crippen LogP contribution >= 0.6 is 0 Å². The summed E-state index contributed by atoms with van der Waals surface area (Å²) in [6.45, 7) is 1.31. The molecule has 18 heavy (non-hydrogen) atoms. The van der Waals surface area contributed by atoms with Crippen LogP contribution in [0.2, 0.25) is 0 Å². The Morgan fingerprint density at radius 1 is 1.17 bits per heavy atom. The van der Waals surface area contributed by atoms with E-state index in [1.54, 1.807) is 7.11 Å². The van der Waals surface area contributed by atoms with Gasteiger partial charge in [-0.3, -0.25) is 4.90 Å². The van der Waals surface area contributed by atoms with Crippen molar-refractivity contribution < 1.29 is 4.74 Å². The monoisotopic (exact) mass is 243 g/mol. The third-order valence-electron chi connectivity index (χ3n) is 5.55. The Bertz CT molecular complexity index is 443. The number of nitrogens with zero attached hydrogens (tertiary/aromatic N) is 1. The highest BCUT2D eigenvalue weighted by Gasteiger charge is 2.63. The van der Waals surface area contributed by atoms with E-state index in [2.05, 4.69) is 29.2 Å². The van der Waals surface area contributed by atoms with Gasteiger partial charge in [0.2, 0.25) is 0 Å². The third kappa shape index (κ3) is 1.17. The van der Waals surface area contributed by atoms with Crippen LogP contribution in [0.4, 0.5) is 0 Å².